The molecule has 6 heteroatoms. The molecule has 0 aromatic heterocycles. The molecule has 0 heterocycles. The number of nitrogens with zero attached hydrogens (tertiary/aromatic N) is 2. The molecule has 0 aliphatic rings. The van der Waals surface area contributed by atoms with Gasteiger partial charge < -0.3 is 4.90 Å². The Morgan fingerprint density at radius 2 is 2.00 bits per heavy atom. The van der Waals surface area contributed by atoms with E-state index >= 15 is 0 Å². The largest absolute Gasteiger partial charge is 0.397 e. The van der Waals surface area contributed by atoms with E-state index < -0.39 is 18.5 Å². The number of carbonyl (C=O) groups excluding carboxylic acids is 1. The third-order valence-electron chi connectivity index (χ3n) is 1.76. The van der Waals surface area contributed by atoms with Crippen molar-refractivity contribution in [1.29, 1.82) is 5.26 Å². The number of carbonyl (C=O) groups is 1. The van der Waals surface area contributed by atoms with Crippen molar-refractivity contribution in [3.05, 3.63) is 0 Å². The van der Waals surface area contributed by atoms with Crippen molar-refractivity contribution < 1.29 is 18.0 Å². The molecule has 0 atom stereocenters. The fraction of sp³-hybridized carbons (Fsp3) is 0.778. The zero-order valence-corrected chi connectivity index (χ0v) is 8.64. The molecule has 1 amide bonds. The van der Waals surface area contributed by atoms with Gasteiger partial charge in [-0.2, -0.15) is 18.4 Å². The lowest BCUT2D eigenvalue weighted by Crippen LogP contribution is -2.39. The van der Waals surface area contributed by atoms with Gasteiger partial charge in [0, 0.05) is 12.6 Å². The van der Waals surface area contributed by atoms with Crippen LogP contribution in [0, 0.1) is 11.3 Å². The van der Waals surface area contributed by atoms with Crippen LogP contribution in [0.15, 0.2) is 0 Å². The Morgan fingerprint density at radius 1 is 1.47 bits per heavy atom. The molecule has 0 spiro atoms. The van der Waals surface area contributed by atoms with E-state index in [-0.39, 0.29) is 19.0 Å². The molecule has 0 aromatic rings. The minimum absolute atomic E-state index is 0.0434. The lowest BCUT2D eigenvalue weighted by molar-refractivity contribution is -0.162. The number of rotatable bonds is 4. The van der Waals surface area contributed by atoms with E-state index in [0.29, 0.717) is 0 Å². The summed E-state index contributed by atoms with van der Waals surface area (Å²) in [6.45, 7) is 3.28. The molecule has 15 heavy (non-hydrogen) atoms. The standard InChI is InChI=1S/C9H13F3N2O/c1-7(2)14(5-3-4-13)8(15)6-9(10,11)12/h7H,3,5-6H2,1-2H3. The van der Waals surface area contributed by atoms with E-state index in [2.05, 4.69) is 0 Å². The van der Waals surface area contributed by atoms with Crippen LogP contribution in [0.2, 0.25) is 0 Å². The van der Waals surface area contributed by atoms with Crippen molar-refractivity contribution in [2.45, 2.75) is 38.9 Å². The molecule has 0 radical (unpaired) electrons. The summed E-state index contributed by atoms with van der Waals surface area (Å²) < 4.78 is 35.8. The van der Waals surface area contributed by atoms with Gasteiger partial charge in [-0.25, -0.2) is 0 Å². The number of hydrogen-bond donors (Lipinski definition) is 0. The van der Waals surface area contributed by atoms with Gasteiger partial charge in [0.05, 0.1) is 12.5 Å². The second kappa shape index (κ2) is 5.59. The molecule has 0 saturated carbocycles. The van der Waals surface area contributed by atoms with Crippen molar-refractivity contribution in [3.8, 4) is 6.07 Å². The molecule has 86 valence electrons. The maximum atomic E-state index is 11.9. The smallest absolute Gasteiger partial charge is 0.339 e. The lowest BCUT2D eigenvalue weighted by atomic mass is 10.2. The van der Waals surface area contributed by atoms with Crippen molar-refractivity contribution in [2.75, 3.05) is 6.54 Å². The quantitative estimate of drug-likeness (QED) is 0.731. The van der Waals surface area contributed by atoms with Crippen LogP contribution in [0.25, 0.3) is 0 Å². The lowest BCUT2D eigenvalue weighted by Gasteiger charge is -2.26. The molecule has 0 aliphatic carbocycles. The third kappa shape index (κ3) is 5.94. The molecule has 0 fully saturated rings. The molecular formula is C9H13F3N2O. The maximum absolute atomic E-state index is 11.9. The molecule has 0 unspecified atom stereocenters. The second-order valence-corrected chi connectivity index (χ2v) is 3.38. The number of alkyl halides is 3. The fourth-order valence-corrected chi connectivity index (χ4v) is 1.11. The van der Waals surface area contributed by atoms with Crippen LogP contribution in [0.5, 0.6) is 0 Å². The minimum atomic E-state index is -4.49. The van der Waals surface area contributed by atoms with Crippen LogP contribution >= 0.6 is 0 Å². The summed E-state index contributed by atoms with van der Waals surface area (Å²) in [5, 5.41) is 8.30. The van der Waals surface area contributed by atoms with Crippen LogP contribution < -0.4 is 0 Å². The van der Waals surface area contributed by atoms with Crippen LogP contribution in [0.1, 0.15) is 26.7 Å². The Labute approximate surface area is 86.5 Å². The number of hydrogen-bond acceptors (Lipinski definition) is 2. The molecular weight excluding hydrogens is 209 g/mol. The minimum Gasteiger partial charge on any atom is -0.339 e. The fourth-order valence-electron chi connectivity index (χ4n) is 1.11. The van der Waals surface area contributed by atoms with Crippen molar-refractivity contribution >= 4 is 5.91 Å². The third-order valence-corrected chi connectivity index (χ3v) is 1.76. The molecule has 0 N–H and O–H groups in total. The van der Waals surface area contributed by atoms with E-state index in [1.54, 1.807) is 19.9 Å². The van der Waals surface area contributed by atoms with Gasteiger partial charge in [-0.1, -0.05) is 0 Å². The molecule has 0 aliphatic heterocycles. The highest BCUT2D eigenvalue weighted by Crippen LogP contribution is 2.21. The molecule has 0 rings (SSSR count). The highest BCUT2D eigenvalue weighted by atomic mass is 19.4. The molecule has 3 nitrogen and oxygen atoms in total. The monoisotopic (exact) mass is 222 g/mol. The van der Waals surface area contributed by atoms with Gasteiger partial charge in [0.15, 0.2) is 0 Å². The van der Waals surface area contributed by atoms with E-state index in [1.807, 2.05) is 0 Å². The molecule has 0 aromatic carbocycles. The molecule has 0 saturated heterocycles. The topological polar surface area (TPSA) is 44.1 Å². The van der Waals surface area contributed by atoms with Crippen LogP contribution in [0.4, 0.5) is 13.2 Å². The van der Waals surface area contributed by atoms with Crippen LogP contribution in [-0.4, -0.2) is 29.6 Å². The Kier molecular flexibility index (Phi) is 5.12. The Bertz CT molecular complexity index is 255. The molecule has 0 bridgehead atoms. The Hall–Kier alpha value is -1.25. The summed E-state index contributed by atoms with van der Waals surface area (Å²) in [5.74, 6) is -0.979. The van der Waals surface area contributed by atoms with Gasteiger partial charge >= 0.3 is 6.18 Å². The second-order valence-electron chi connectivity index (χ2n) is 3.38. The normalized spacial score (nSPS) is 11.3. The Morgan fingerprint density at radius 3 is 2.33 bits per heavy atom. The van der Waals surface area contributed by atoms with Gasteiger partial charge in [-0.3, -0.25) is 4.79 Å². The highest BCUT2D eigenvalue weighted by Gasteiger charge is 2.33. The summed E-state index contributed by atoms with van der Waals surface area (Å²) in [4.78, 5) is 12.3. The van der Waals surface area contributed by atoms with Gasteiger partial charge in [0.25, 0.3) is 0 Å². The van der Waals surface area contributed by atoms with Gasteiger partial charge in [0.1, 0.15) is 6.42 Å². The SMILES string of the molecule is CC(C)N(CCC#N)C(=O)CC(F)(F)F. The van der Waals surface area contributed by atoms with Crippen molar-refractivity contribution in [2.24, 2.45) is 0 Å². The first kappa shape index (κ1) is 13.8. The Balaban J connectivity index is 4.37. The average molecular weight is 222 g/mol. The summed E-state index contributed by atoms with van der Waals surface area (Å²) >= 11 is 0. The first-order valence-electron chi connectivity index (χ1n) is 4.51. The van der Waals surface area contributed by atoms with Crippen molar-refractivity contribution in [3.63, 3.8) is 0 Å². The van der Waals surface area contributed by atoms with Crippen LogP contribution in [0.3, 0.4) is 0 Å². The van der Waals surface area contributed by atoms with Gasteiger partial charge in [-0.05, 0) is 13.8 Å². The zero-order valence-electron chi connectivity index (χ0n) is 8.64. The predicted octanol–water partition coefficient (Wildman–Crippen LogP) is 2.09. The number of nitriles is 1. The van der Waals surface area contributed by atoms with Crippen LogP contribution in [-0.2, 0) is 4.79 Å². The first-order chi connectivity index (χ1) is 6.78. The predicted molar refractivity (Wildman–Crippen MR) is 47.8 cm³/mol. The van der Waals surface area contributed by atoms with E-state index in [0.717, 1.165) is 4.90 Å². The van der Waals surface area contributed by atoms with E-state index in [4.69, 9.17) is 5.26 Å². The summed E-state index contributed by atoms with van der Waals surface area (Å²) in [6, 6.07) is 1.47. The number of halogens is 3. The maximum Gasteiger partial charge on any atom is 0.397 e. The first-order valence-corrected chi connectivity index (χ1v) is 4.51. The number of amides is 1. The van der Waals surface area contributed by atoms with E-state index in [9.17, 15) is 18.0 Å². The highest BCUT2D eigenvalue weighted by molar-refractivity contribution is 5.77. The summed E-state index contributed by atoms with van der Waals surface area (Å²) in [7, 11) is 0. The van der Waals surface area contributed by atoms with E-state index in [1.165, 1.54) is 0 Å². The summed E-state index contributed by atoms with van der Waals surface area (Å²) in [6.07, 6.45) is -5.91. The summed E-state index contributed by atoms with van der Waals surface area (Å²) in [5.41, 5.74) is 0. The van der Waals surface area contributed by atoms with Crippen molar-refractivity contribution in [1.82, 2.24) is 4.90 Å². The average Bonchev–Trinajstić information content (AvgIpc) is 2.00. The van der Waals surface area contributed by atoms with Gasteiger partial charge in [-0.15, -0.1) is 0 Å². The zero-order chi connectivity index (χ0) is 12.1. The van der Waals surface area contributed by atoms with Gasteiger partial charge in [0.2, 0.25) is 5.91 Å².